The number of hydrogen-bond acceptors (Lipinski definition) is 4. The summed E-state index contributed by atoms with van der Waals surface area (Å²) in [5.41, 5.74) is 0.937. The number of rotatable bonds is 7. The highest BCUT2D eigenvalue weighted by Gasteiger charge is 2.12. The lowest BCUT2D eigenvalue weighted by molar-refractivity contribution is 0.108. The molecule has 0 fully saturated rings. The Balaban J connectivity index is 2.52. The van der Waals surface area contributed by atoms with Crippen LogP contribution in [0.4, 0.5) is 0 Å². The fourth-order valence-electron chi connectivity index (χ4n) is 1.66. The highest BCUT2D eigenvalue weighted by atomic mass is 16.5. The van der Waals surface area contributed by atoms with Gasteiger partial charge in [-0.15, -0.1) is 0 Å². The average molecular weight is 253 g/mol. The third-order valence-corrected chi connectivity index (χ3v) is 2.91. The zero-order valence-corrected chi connectivity index (χ0v) is 11.3. The van der Waals surface area contributed by atoms with E-state index in [0.717, 1.165) is 5.56 Å². The van der Waals surface area contributed by atoms with Gasteiger partial charge < -0.3 is 20.3 Å². The standard InChI is InChI=1S/C14H23NO3/c1-4-18-9-12(10(2)3)15-8-11-5-6-13(16)14(17)7-11/h5-7,10,12,15-17H,4,8-9H2,1-3H3. The summed E-state index contributed by atoms with van der Waals surface area (Å²) in [5, 5.41) is 22.0. The van der Waals surface area contributed by atoms with Gasteiger partial charge in [0.2, 0.25) is 0 Å². The van der Waals surface area contributed by atoms with E-state index in [2.05, 4.69) is 19.2 Å². The lowest BCUT2D eigenvalue weighted by Crippen LogP contribution is -2.37. The molecule has 0 bridgehead atoms. The van der Waals surface area contributed by atoms with Gasteiger partial charge in [0.25, 0.3) is 0 Å². The molecule has 0 saturated carbocycles. The SMILES string of the molecule is CCOCC(NCc1ccc(O)c(O)c1)C(C)C. The Labute approximate surface area is 109 Å². The van der Waals surface area contributed by atoms with Crippen molar-refractivity contribution in [3.8, 4) is 11.5 Å². The number of phenols is 2. The van der Waals surface area contributed by atoms with E-state index >= 15 is 0 Å². The van der Waals surface area contributed by atoms with Crippen LogP contribution < -0.4 is 5.32 Å². The minimum atomic E-state index is -0.0894. The molecule has 1 atom stereocenters. The van der Waals surface area contributed by atoms with E-state index in [0.29, 0.717) is 25.7 Å². The summed E-state index contributed by atoms with van der Waals surface area (Å²) in [5.74, 6) is 0.302. The molecule has 0 aliphatic carbocycles. The van der Waals surface area contributed by atoms with Crippen LogP contribution in [0.5, 0.6) is 11.5 Å². The van der Waals surface area contributed by atoms with E-state index in [-0.39, 0.29) is 17.5 Å². The normalized spacial score (nSPS) is 12.9. The topological polar surface area (TPSA) is 61.7 Å². The molecule has 0 spiro atoms. The number of aromatic hydroxyl groups is 2. The van der Waals surface area contributed by atoms with Crippen LogP contribution in [0.15, 0.2) is 18.2 Å². The maximum absolute atomic E-state index is 9.41. The number of benzene rings is 1. The minimum Gasteiger partial charge on any atom is -0.504 e. The summed E-state index contributed by atoms with van der Waals surface area (Å²) in [6, 6.07) is 5.14. The Hall–Kier alpha value is -1.26. The second-order valence-electron chi connectivity index (χ2n) is 4.71. The summed E-state index contributed by atoms with van der Waals surface area (Å²) < 4.78 is 5.44. The molecule has 1 unspecified atom stereocenters. The van der Waals surface area contributed by atoms with Gasteiger partial charge in [-0.25, -0.2) is 0 Å². The van der Waals surface area contributed by atoms with E-state index in [9.17, 15) is 10.2 Å². The smallest absolute Gasteiger partial charge is 0.157 e. The molecular formula is C14H23NO3. The van der Waals surface area contributed by atoms with E-state index < -0.39 is 0 Å². The van der Waals surface area contributed by atoms with Crippen molar-refractivity contribution in [2.24, 2.45) is 5.92 Å². The monoisotopic (exact) mass is 253 g/mol. The first-order chi connectivity index (χ1) is 8.54. The van der Waals surface area contributed by atoms with Crippen LogP contribution >= 0.6 is 0 Å². The third-order valence-electron chi connectivity index (χ3n) is 2.91. The quantitative estimate of drug-likeness (QED) is 0.652. The van der Waals surface area contributed by atoms with Gasteiger partial charge in [0.15, 0.2) is 11.5 Å². The molecule has 1 rings (SSSR count). The van der Waals surface area contributed by atoms with Crippen molar-refractivity contribution in [2.75, 3.05) is 13.2 Å². The Kier molecular flexibility index (Phi) is 5.95. The molecule has 1 aromatic rings. The summed E-state index contributed by atoms with van der Waals surface area (Å²) in [6.07, 6.45) is 0. The largest absolute Gasteiger partial charge is 0.504 e. The molecule has 0 radical (unpaired) electrons. The maximum Gasteiger partial charge on any atom is 0.157 e. The zero-order valence-electron chi connectivity index (χ0n) is 11.3. The van der Waals surface area contributed by atoms with Crippen molar-refractivity contribution in [3.05, 3.63) is 23.8 Å². The van der Waals surface area contributed by atoms with Crippen LogP contribution in [-0.2, 0) is 11.3 Å². The highest BCUT2D eigenvalue weighted by Crippen LogP contribution is 2.24. The Bertz CT molecular complexity index is 366. The number of ether oxygens (including phenoxy) is 1. The average Bonchev–Trinajstić information content (AvgIpc) is 2.33. The van der Waals surface area contributed by atoms with E-state index in [1.807, 2.05) is 6.92 Å². The van der Waals surface area contributed by atoms with Gasteiger partial charge in [0, 0.05) is 19.2 Å². The third kappa shape index (κ3) is 4.55. The summed E-state index contributed by atoms with van der Waals surface area (Å²) in [4.78, 5) is 0. The molecule has 102 valence electrons. The van der Waals surface area contributed by atoms with Gasteiger partial charge in [0.05, 0.1) is 6.61 Å². The van der Waals surface area contributed by atoms with Gasteiger partial charge >= 0.3 is 0 Å². The molecular weight excluding hydrogens is 230 g/mol. The Morgan fingerprint density at radius 3 is 2.50 bits per heavy atom. The van der Waals surface area contributed by atoms with Crippen molar-refractivity contribution in [2.45, 2.75) is 33.4 Å². The molecule has 1 aromatic carbocycles. The zero-order chi connectivity index (χ0) is 13.5. The Morgan fingerprint density at radius 1 is 1.22 bits per heavy atom. The fourth-order valence-corrected chi connectivity index (χ4v) is 1.66. The van der Waals surface area contributed by atoms with Crippen LogP contribution in [-0.4, -0.2) is 29.5 Å². The second-order valence-corrected chi connectivity index (χ2v) is 4.71. The first-order valence-corrected chi connectivity index (χ1v) is 6.36. The molecule has 0 aliphatic heterocycles. The molecule has 18 heavy (non-hydrogen) atoms. The van der Waals surface area contributed by atoms with Crippen molar-refractivity contribution < 1.29 is 14.9 Å². The van der Waals surface area contributed by atoms with Gasteiger partial charge in [-0.1, -0.05) is 19.9 Å². The molecule has 0 saturated heterocycles. The van der Waals surface area contributed by atoms with Crippen molar-refractivity contribution in [1.29, 1.82) is 0 Å². The van der Waals surface area contributed by atoms with Crippen LogP contribution in [0.1, 0.15) is 26.3 Å². The highest BCUT2D eigenvalue weighted by molar-refractivity contribution is 5.40. The lowest BCUT2D eigenvalue weighted by Gasteiger charge is -2.22. The second kappa shape index (κ2) is 7.24. The lowest BCUT2D eigenvalue weighted by atomic mass is 10.0. The molecule has 3 N–H and O–H groups in total. The molecule has 4 heteroatoms. The van der Waals surface area contributed by atoms with Crippen molar-refractivity contribution >= 4 is 0 Å². The first-order valence-electron chi connectivity index (χ1n) is 6.36. The van der Waals surface area contributed by atoms with E-state index in [1.165, 1.54) is 6.07 Å². The number of hydrogen-bond donors (Lipinski definition) is 3. The van der Waals surface area contributed by atoms with E-state index in [4.69, 9.17) is 4.74 Å². The molecule has 0 aromatic heterocycles. The van der Waals surface area contributed by atoms with Crippen molar-refractivity contribution in [1.82, 2.24) is 5.32 Å². The predicted molar refractivity (Wildman–Crippen MR) is 71.7 cm³/mol. The minimum absolute atomic E-state index is 0.0831. The van der Waals surface area contributed by atoms with Crippen molar-refractivity contribution in [3.63, 3.8) is 0 Å². The van der Waals surface area contributed by atoms with E-state index in [1.54, 1.807) is 12.1 Å². The van der Waals surface area contributed by atoms with Crippen LogP contribution in [0.25, 0.3) is 0 Å². The number of phenolic OH excluding ortho intramolecular Hbond substituents is 2. The van der Waals surface area contributed by atoms with Gasteiger partial charge in [-0.05, 0) is 30.5 Å². The molecule has 4 nitrogen and oxygen atoms in total. The molecule has 0 heterocycles. The molecule has 0 amide bonds. The number of nitrogens with one attached hydrogen (secondary N) is 1. The van der Waals surface area contributed by atoms with Gasteiger partial charge in [0.1, 0.15) is 0 Å². The first kappa shape index (κ1) is 14.8. The fraction of sp³-hybridized carbons (Fsp3) is 0.571. The van der Waals surface area contributed by atoms with Crippen LogP contribution in [0, 0.1) is 5.92 Å². The maximum atomic E-state index is 9.41. The van der Waals surface area contributed by atoms with Crippen LogP contribution in [0.2, 0.25) is 0 Å². The molecule has 0 aliphatic rings. The summed E-state index contributed by atoms with van der Waals surface area (Å²) >= 11 is 0. The summed E-state index contributed by atoms with van der Waals surface area (Å²) in [7, 11) is 0. The van der Waals surface area contributed by atoms with Gasteiger partial charge in [-0.3, -0.25) is 0 Å². The predicted octanol–water partition coefficient (Wildman–Crippen LogP) is 2.25. The Morgan fingerprint density at radius 2 is 1.94 bits per heavy atom. The van der Waals surface area contributed by atoms with Gasteiger partial charge in [-0.2, -0.15) is 0 Å². The summed E-state index contributed by atoms with van der Waals surface area (Å²) in [6.45, 7) is 8.30. The van der Waals surface area contributed by atoms with Crippen LogP contribution in [0.3, 0.4) is 0 Å².